The summed E-state index contributed by atoms with van der Waals surface area (Å²) in [6.45, 7) is 4.52. The molecule has 1 heterocycles. The minimum Gasteiger partial charge on any atom is -0.316 e. The highest BCUT2D eigenvalue weighted by atomic mass is 19.1. The summed E-state index contributed by atoms with van der Waals surface area (Å²) in [7, 11) is 1.84. The zero-order valence-electron chi connectivity index (χ0n) is 10.3. The SMILES string of the molecule is CNCc1ccc(-n2cnc(C)c2C)c(F)c1. The monoisotopic (exact) mass is 233 g/mol. The maximum atomic E-state index is 14.0. The lowest BCUT2D eigenvalue weighted by atomic mass is 10.2. The average Bonchev–Trinajstić information content (AvgIpc) is 2.61. The molecule has 1 aromatic carbocycles. The Labute approximate surface area is 100 Å². The van der Waals surface area contributed by atoms with Crippen LogP contribution in [0, 0.1) is 19.7 Å². The lowest BCUT2D eigenvalue weighted by molar-refractivity contribution is 0.613. The standard InChI is InChI=1S/C13H16FN3/c1-9-10(2)17(8-16-9)13-5-4-11(7-15-3)6-12(13)14/h4-6,8,15H,7H2,1-3H3. The molecule has 0 fully saturated rings. The van der Waals surface area contributed by atoms with Crippen molar-refractivity contribution in [2.45, 2.75) is 20.4 Å². The first-order valence-electron chi connectivity index (χ1n) is 5.57. The van der Waals surface area contributed by atoms with Crippen molar-refractivity contribution in [1.82, 2.24) is 14.9 Å². The van der Waals surface area contributed by atoms with Crippen molar-refractivity contribution >= 4 is 0 Å². The van der Waals surface area contributed by atoms with Crippen molar-refractivity contribution in [1.29, 1.82) is 0 Å². The van der Waals surface area contributed by atoms with Gasteiger partial charge in [0.1, 0.15) is 5.82 Å². The third-order valence-electron chi connectivity index (χ3n) is 2.90. The van der Waals surface area contributed by atoms with Gasteiger partial charge in [-0.25, -0.2) is 9.37 Å². The summed E-state index contributed by atoms with van der Waals surface area (Å²) in [5.41, 5.74) is 3.36. The Balaban J connectivity index is 2.43. The van der Waals surface area contributed by atoms with Crippen molar-refractivity contribution in [2.24, 2.45) is 0 Å². The van der Waals surface area contributed by atoms with Gasteiger partial charge in [0.15, 0.2) is 0 Å². The van der Waals surface area contributed by atoms with Gasteiger partial charge in [0.2, 0.25) is 0 Å². The summed E-state index contributed by atoms with van der Waals surface area (Å²) < 4.78 is 15.7. The van der Waals surface area contributed by atoms with Crippen LogP contribution in [0.3, 0.4) is 0 Å². The normalized spacial score (nSPS) is 10.8. The molecule has 0 amide bonds. The van der Waals surface area contributed by atoms with Crippen molar-refractivity contribution in [3.63, 3.8) is 0 Å². The minimum absolute atomic E-state index is 0.224. The summed E-state index contributed by atoms with van der Waals surface area (Å²) in [5, 5.41) is 3.00. The Morgan fingerprint density at radius 1 is 1.35 bits per heavy atom. The highest BCUT2D eigenvalue weighted by Crippen LogP contribution is 2.18. The molecule has 2 aromatic rings. The summed E-state index contributed by atoms with van der Waals surface area (Å²) >= 11 is 0. The molecule has 0 atom stereocenters. The van der Waals surface area contributed by atoms with Crippen molar-refractivity contribution in [3.8, 4) is 5.69 Å². The number of nitrogens with one attached hydrogen (secondary N) is 1. The zero-order valence-corrected chi connectivity index (χ0v) is 10.3. The summed E-state index contributed by atoms with van der Waals surface area (Å²) in [5.74, 6) is -0.224. The van der Waals surface area contributed by atoms with Gasteiger partial charge in [0, 0.05) is 12.2 Å². The Bertz CT molecular complexity index is 531. The number of rotatable bonds is 3. The van der Waals surface area contributed by atoms with Gasteiger partial charge in [-0.3, -0.25) is 0 Å². The van der Waals surface area contributed by atoms with Crippen LogP contribution in [0.5, 0.6) is 0 Å². The van der Waals surface area contributed by atoms with E-state index in [0.29, 0.717) is 12.2 Å². The topological polar surface area (TPSA) is 29.9 Å². The molecule has 3 nitrogen and oxygen atoms in total. The first kappa shape index (κ1) is 11.8. The van der Waals surface area contributed by atoms with E-state index in [2.05, 4.69) is 10.3 Å². The number of imidazole rings is 1. The Morgan fingerprint density at radius 3 is 2.65 bits per heavy atom. The van der Waals surface area contributed by atoms with E-state index in [4.69, 9.17) is 0 Å². The van der Waals surface area contributed by atoms with E-state index in [0.717, 1.165) is 17.0 Å². The van der Waals surface area contributed by atoms with Crippen LogP contribution >= 0.6 is 0 Å². The van der Waals surface area contributed by atoms with Gasteiger partial charge in [-0.15, -0.1) is 0 Å². The quantitative estimate of drug-likeness (QED) is 0.882. The number of hydrogen-bond acceptors (Lipinski definition) is 2. The van der Waals surface area contributed by atoms with Crippen LogP contribution in [-0.2, 0) is 6.54 Å². The number of nitrogens with zero attached hydrogens (tertiary/aromatic N) is 2. The van der Waals surface area contributed by atoms with Crippen molar-refractivity contribution in [3.05, 3.63) is 47.3 Å². The van der Waals surface area contributed by atoms with Gasteiger partial charge in [-0.05, 0) is 38.6 Å². The van der Waals surface area contributed by atoms with Gasteiger partial charge in [0.25, 0.3) is 0 Å². The molecule has 0 aliphatic heterocycles. The molecule has 1 N–H and O–H groups in total. The van der Waals surface area contributed by atoms with E-state index in [9.17, 15) is 4.39 Å². The van der Waals surface area contributed by atoms with Crippen LogP contribution in [0.4, 0.5) is 4.39 Å². The van der Waals surface area contributed by atoms with Gasteiger partial charge < -0.3 is 9.88 Å². The van der Waals surface area contributed by atoms with Crippen LogP contribution in [0.2, 0.25) is 0 Å². The van der Waals surface area contributed by atoms with E-state index in [1.807, 2.05) is 27.0 Å². The first-order chi connectivity index (χ1) is 8.13. The summed E-state index contributed by atoms with van der Waals surface area (Å²) in [6, 6.07) is 5.26. The Hall–Kier alpha value is -1.68. The molecular formula is C13H16FN3. The Kier molecular flexibility index (Phi) is 3.24. The second-order valence-electron chi connectivity index (χ2n) is 4.10. The molecule has 0 aliphatic rings. The molecule has 90 valence electrons. The fraction of sp³-hybridized carbons (Fsp3) is 0.308. The highest BCUT2D eigenvalue weighted by Gasteiger charge is 2.09. The molecule has 2 rings (SSSR count). The van der Waals surface area contributed by atoms with Crippen LogP contribution < -0.4 is 5.32 Å². The predicted octanol–water partition coefficient (Wildman–Crippen LogP) is 2.35. The fourth-order valence-electron chi connectivity index (χ4n) is 1.80. The molecule has 0 bridgehead atoms. The minimum atomic E-state index is -0.224. The number of halogens is 1. The molecule has 0 aliphatic carbocycles. The van der Waals surface area contributed by atoms with E-state index in [1.165, 1.54) is 0 Å². The molecule has 0 radical (unpaired) electrons. The Morgan fingerprint density at radius 2 is 2.12 bits per heavy atom. The summed E-state index contributed by atoms with van der Waals surface area (Å²) in [6.07, 6.45) is 1.65. The summed E-state index contributed by atoms with van der Waals surface area (Å²) in [4.78, 5) is 4.18. The smallest absolute Gasteiger partial charge is 0.147 e. The van der Waals surface area contributed by atoms with Gasteiger partial charge in [-0.1, -0.05) is 6.07 Å². The van der Waals surface area contributed by atoms with E-state index < -0.39 is 0 Å². The van der Waals surface area contributed by atoms with Crippen LogP contribution in [0.1, 0.15) is 17.0 Å². The number of aromatic nitrogens is 2. The largest absolute Gasteiger partial charge is 0.316 e. The molecule has 4 heteroatoms. The van der Waals surface area contributed by atoms with E-state index >= 15 is 0 Å². The second kappa shape index (κ2) is 4.67. The number of hydrogen-bond donors (Lipinski definition) is 1. The lowest BCUT2D eigenvalue weighted by Gasteiger charge is -2.08. The zero-order chi connectivity index (χ0) is 12.4. The third-order valence-corrected chi connectivity index (χ3v) is 2.90. The van der Waals surface area contributed by atoms with E-state index in [1.54, 1.807) is 23.0 Å². The average molecular weight is 233 g/mol. The van der Waals surface area contributed by atoms with Crippen LogP contribution in [0.15, 0.2) is 24.5 Å². The maximum absolute atomic E-state index is 14.0. The maximum Gasteiger partial charge on any atom is 0.147 e. The third kappa shape index (κ3) is 2.22. The second-order valence-corrected chi connectivity index (χ2v) is 4.10. The first-order valence-corrected chi connectivity index (χ1v) is 5.57. The van der Waals surface area contributed by atoms with Crippen LogP contribution in [-0.4, -0.2) is 16.6 Å². The van der Waals surface area contributed by atoms with Crippen molar-refractivity contribution in [2.75, 3.05) is 7.05 Å². The highest BCUT2D eigenvalue weighted by molar-refractivity contribution is 5.38. The molecule has 17 heavy (non-hydrogen) atoms. The van der Waals surface area contributed by atoms with Gasteiger partial charge in [0.05, 0.1) is 17.7 Å². The van der Waals surface area contributed by atoms with E-state index in [-0.39, 0.29) is 5.82 Å². The van der Waals surface area contributed by atoms with Gasteiger partial charge >= 0.3 is 0 Å². The molecule has 0 unspecified atom stereocenters. The number of benzene rings is 1. The van der Waals surface area contributed by atoms with Crippen LogP contribution in [0.25, 0.3) is 5.69 Å². The molecule has 0 saturated carbocycles. The number of aryl methyl sites for hydroxylation is 1. The molecule has 0 saturated heterocycles. The molecule has 1 aromatic heterocycles. The van der Waals surface area contributed by atoms with Gasteiger partial charge in [-0.2, -0.15) is 0 Å². The lowest BCUT2D eigenvalue weighted by Crippen LogP contribution is -2.06. The van der Waals surface area contributed by atoms with Crippen molar-refractivity contribution < 1.29 is 4.39 Å². The predicted molar refractivity (Wildman–Crippen MR) is 65.8 cm³/mol. The molecule has 0 spiro atoms. The fourth-order valence-corrected chi connectivity index (χ4v) is 1.80. The molecular weight excluding hydrogens is 217 g/mol.